The molecule has 0 amide bonds. The van der Waals surface area contributed by atoms with E-state index < -0.39 is 39.3 Å². The summed E-state index contributed by atoms with van der Waals surface area (Å²) in [6.45, 7) is 2.18. The van der Waals surface area contributed by atoms with Gasteiger partial charge >= 0.3 is 11.9 Å². The third-order valence-corrected chi connectivity index (χ3v) is 6.11. The minimum atomic E-state index is -4.27. The van der Waals surface area contributed by atoms with Crippen LogP contribution in [0, 0.1) is 5.92 Å². The maximum atomic E-state index is 11.6. The number of unbranched alkanes of at least 4 members (excludes halogenated alkanes) is 10. The minimum absolute atomic E-state index is 0.206. The summed E-state index contributed by atoms with van der Waals surface area (Å²) in [6, 6.07) is 0. The molecule has 0 aromatic rings. The van der Waals surface area contributed by atoms with Crippen LogP contribution in [0.2, 0.25) is 0 Å². The standard InChI is InChI=1S/C20H38O8S/c1-2-3-4-5-6-7-8-9-10-11-12-15-20(25,19(23)24)17(18(21)22)14-13-16-29(26,27)28/h17,25H,2-16H2,1H3,(H,21,22)(H,23,24)(H,26,27,28). The number of carboxylic acid groups (broad SMARTS) is 2. The highest BCUT2D eigenvalue weighted by atomic mass is 32.2. The van der Waals surface area contributed by atoms with Crippen LogP contribution in [0.25, 0.3) is 0 Å². The van der Waals surface area contributed by atoms with Crippen LogP contribution in [-0.4, -0.2) is 51.6 Å². The molecule has 2 unspecified atom stereocenters. The van der Waals surface area contributed by atoms with Crippen LogP contribution in [0.5, 0.6) is 0 Å². The Kier molecular flexibility index (Phi) is 14.1. The van der Waals surface area contributed by atoms with E-state index in [-0.39, 0.29) is 19.3 Å². The number of aliphatic carboxylic acids is 2. The van der Waals surface area contributed by atoms with Crippen LogP contribution in [-0.2, 0) is 19.7 Å². The van der Waals surface area contributed by atoms with Crippen molar-refractivity contribution in [2.75, 3.05) is 5.75 Å². The molecule has 0 saturated heterocycles. The fourth-order valence-electron chi connectivity index (χ4n) is 3.53. The van der Waals surface area contributed by atoms with Crippen LogP contribution in [0.4, 0.5) is 0 Å². The molecule has 0 aliphatic heterocycles. The zero-order chi connectivity index (χ0) is 22.3. The summed E-state index contributed by atoms with van der Waals surface area (Å²) in [5.74, 6) is -5.42. The van der Waals surface area contributed by atoms with Gasteiger partial charge in [-0.25, -0.2) is 4.79 Å². The second-order valence-corrected chi connectivity index (χ2v) is 9.41. The predicted molar refractivity (Wildman–Crippen MR) is 110 cm³/mol. The highest BCUT2D eigenvalue weighted by Gasteiger charge is 2.47. The van der Waals surface area contributed by atoms with Gasteiger partial charge in [-0.1, -0.05) is 71.1 Å². The molecule has 8 nitrogen and oxygen atoms in total. The zero-order valence-corrected chi connectivity index (χ0v) is 18.3. The fourth-order valence-corrected chi connectivity index (χ4v) is 4.06. The Morgan fingerprint density at radius 2 is 1.28 bits per heavy atom. The molecule has 0 aromatic heterocycles. The lowest BCUT2D eigenvalue weighted by Crippen LogP contribution is -2.49. The zero-order valence-electron chi connectivity index (χ0n) is 17.5. The van der Waals surface area contributed by atoms with E-state index in [9.17, 15) is 33.3 Å². The van der Waals surface area contributed by atoms with Crippen molar-refractivity contribution in [3.63, 3.8) is 0 Å². The number of hydrogen-bond donors (Lipinski definition) is 4. The summed E-state index contributed by atoms with van der Waals surface area (Å²) >= 11 is 0. The first-order chi connectivity index (χ1) is 13.5. The van der Waals surface area contributed by atoms with Gasteiger partial charge in [-0.15, -0.1) is 0 Å². The van der Waals surface area contributed by atoms with Crippen LogP contribution >= 0.6 is 0 Å². The van der Waals surface area contributed by atoms with Crippen molar-refractivity contribution < 1.29 is 37.9 Å². The van der Waals surface area contributed by atoms with Crippen molar-refractivity contribution in [1.82, 2.24) is 0 Å². The molecule has 0 aliphatic carbocycles. The van der Waals surface area contributed by atoms with Crippen molar-refractivity contribution in [1.29, 1.82) is 0 Å². The second-order valence-electron chi connectivity index (χ2n) is 7.83. The van der Waals surface area contributed by atoms with E-state index in [4.69, 9.17) is 4.55 Å². The van der Waals surface area contributed by atoms with Crippen molar-refractivity contribution in [3.8, 4) is 0 Å². The molecular weight excluding hydrogens is 400 g/mol. The van der Waals surface area contributed by atoms with E-state index in [2.05, 4.69) is 6.92 Å². The molecule has 0 aliphatic rings. The average molecular weight is 439 g/mol. The number of carbonyl (C=O) groups is 2. The molecule has 0 spiro atoms. The van der Waals surface area contributed by atoms with Gasteiger partial charge in [0.05, 0.1) is 11.7 Å². The van der Waals surface area contributed by atoms with Crippen molar-refractivity contribution in [2.45, 2.75) is 102 Å². The summed E-state index contributed by atoms with van der Waals surface area (Å²) in [6.07, 6.45) is 10.7. The van der Waals surface area contributed by atoms with Gasteiger partial charge in [0.15, 0.2) is 5.60 Å². The topological polar surface area (TPSA) is 149 Å². The van der Waals surface area contributed by atoms with Crippen LogP contribution < -0.4 is 0 Å². The minimum Gasteiger partial charge on any atom is -0.481 e. The number of rotatable bonds is 19. The Morgan fingerprint density at radius 1 is 0.828 bits per heavy atom. The van der Waals surface area contributed by atoms with E-state index in [1.54, 1.807) is 0 Å². The van der Waals surface area contributed by atoms with E-state index in [1.165, 1.54) is 38.5 Å². The third kappa shape index (κ3) is 12.9. The fraction of sp³-hybridized carbons (Fsp3) is 0.900. The lowest BCUT2D eigenvalue weighted by Gasteiger charge is -2.29. The quantitative estimate of drug-likeness (QED) is 0.175. The maximum absolute atomic E-state index is 11.6. The van der Waals surface area contributed by atoms with E-state index in [1.807, 2.05) is 0 Å². The Balaban J connectivity index is 4.34. The number of aliphatic hydroxyl groups is 1. The number of hydrogen-bond acceptors (Lipinski definition) is 5. The molecule has 29 heavy (non-hydrogen) atoms. The van der Waals surface area contributed by atoms with Gasteiger partial charge in [0, 0.05) is 0 Å². The van der Waals surface area contributed by atoms with Gasteiger partial charge in [-0.2, -0.15) is 8.42 Å². The molecule has 9 heteroatoms. The Morgan fingerprint density at radius 3 is 1.66 bits per heavy atom. The molecule has 4 N–H and O–H groups in total. The Labute approximate surface area is 174 Å². The molecule has 0 fully saturated rings. The summed E-state index contributed by atoms with van der Waals surface area (Å²) in [5, 5.41) is 29.2. The molecule has 0 heterocycles. The Bertz CT molecular complexity index is 575. The second kappa shape index (κ2) is 14.7. The lowest BCUT2D eigenvalue weighted by atomic mass is 9.80. The maximum Gasteiger partial charge on any atom is 0.336 e. The average Bonchev–Trinajstić information content (AvgIpc) is 2.61. The molecule has 0 radical (unpaired) electrons. The van der Waals surface area contributed by atoms with Crippen LogP contribution in [0.1, 0.15) is 96.8 Å². The first-order valence-electron chi connectivity index (χ1n) is 10.7. The molecule has 0 saturated carbocycles. The van der Waals surface area contributed by atoms with Crippen LogP contribution in [0.15, 0.2) is 0 Å². The van der Waals surface area contributed by atoms with Gasteiger partial charge < -0.3 is 15.3 Å². The highest BCUT2D eigenvalue weighted by Crippen LogP contribution is 2.29. The highest BCUT2D eigenvalue weighted by molar-refractivity contribution is 7.85. The normalized spacial score (nSPS) is 15.0. The van der Waals surface area contributed by atoms with E-state index in [0.717, 1.165) is 19.3 Å². The van der Waals surface area contributed by atoms with Crippen molar-refractivity contribution in [2.24, 2.45) is 5.92 Å². The third-order valence-electron chi connectivity index (χ3n) is 5.30. The monoisotopic (exact) mass is 438 g/mol. The largest absolute Gasteiger partial charge is 0.481 e. The first-order valence-corrected chi connectivity index (χ1v) is 12.3. The smallest absolute Gasteiger partial charge is 0.336 e. The predicted octanol–water partition coefficient (Wildman–Crippen LogP) is 3.87. The van der Waals surface area contributed by atoms with Gasteiger partial charge in [-0.05, 0) is 25.7 Å². The molecular formula is C20H38O8S. The van der Waals surface area contributed by atoms with Gasteiger partial charge in [0.2, 0.25) is 0 Å². The van der Waals surface area contributed by atoms with Crippen molar-refractivity contribution >= 4 is 22.1 Å². The van der Waals surface area contributed by atoms with E-state index >= 15 is 0 Å². The SMILES string of the molecule is CCCCCCCCCCCCCC(O)(C(=O)O)C(CCCS(=O)(=O)O)C(=O)O. The van der Waals surface area contributed by atoms with E-state index in [0.29, 0.717) is 12.8 Å². The molecule has 0 rings (SSSR count). The molecule has 0 aromatic carbocycles. The van der Waals surface area contributed by atoms with Crippen molar-refractivity contribution in [3.05, 3.63) is 0 Å². The lowest BCUT2D eigenvalue weighted by molar-refractivity contribution is -0.176. The molecule has 2 atom stereocenters. The van der Waals surface area contributed by atoms with Crippen LogP contribution in [0.3, 0.4) is 0 Å². The Hall–Kier alpha value is -1.19. The summed E-state index contributed by atoms with van der Waals surface area (Å²) in [4.78, 5) is 23.0. The van der Waals surface area contributed by atoms with Gasteiger partial charge in [-0.3, -0.25) is 9.35 Å². The summed E-state index contributed by atoms with van der Waals surface area (Å²) in [5.41, 5.74) is -2.45. The molecule has 172 valence electrons. The van der Waals surface area contributed by atoms with Gasteiger partial charge in [0.1, 0.15) is 0 Å². The number of carboxylic acids is 2. The summed E-state index contributed by atoms with van der Waals surface area (Å²) < 4.78 is 30.3. The van der Waals surface area contributed by atoms with Gasteiger partial charge in [0.25, 0.3) is 10.1 Å². The molecule has 0 bridgehead atoms. The summed E-state index contributed by atoms with van der Waals surface area (Å²) in [7, 11) is -4.27. The first kappa shape index (κ1) is 27.8.